The van der Waals surface area contributed by atoms with Crippen LogP contribution in [0.3, 0.4) is 0 Å². The van der Waals surface area contributed by atoms with E-state index in [0.717, 1.165) is 37.8 Å². The number of carbonyl (C=O) groups excluding carboxylic acids is 2. The van der Waals surface area contributed by atoms with Crippen LogP contribution in [0.1, 0.15) is 55.1 Å². The molecule has 1 unspecified atom stereocenters. The minimum atomic E-state index is -0.658. The number of benzene rings is 2. The smallest absolute Gasteiger partial charge is 0.344 e. The van der Waals surface area contributed by atoms with Crippen LogP contribution in [0.2, 0.25) is 0 Å². The molecule has 0 N–H and O–H groups in total. The fourth-order valence-electron chi connectivity index (χ4n) is 4.26. The van der Waals surface area contributed by atoms with Crippen LogP contribution in [-0.4, -0.2) is 57.6 Å². The van der Waals surface area contributed by atoms with Crippen LogP contribution in [0.4, 0.5) is 0 Å². The molecule has 0 saturated carbocycles. The Bertz CT molecular complexity index is 1030. The van der Waals surface area contributed by atoms with Crippen molar-refractivity contribution in [3.05, 3.63) is 59.2 Å². The first kappa shape index (κ1) is 28.9. The topological polar surface area (TPSA) is 88.9 Å². The third-order valence-electron chi connectivity index (χ3n) is 6.54. The van der Waals surface area contributed by atoms with Gasteiger partial charge in [0.25, 0.3) is 0 Å². The fraction of sp³-hybridized carbons (Fsp3) is 0.483. The maximum atomic E-state index is 11.4. The first-order chi connectivity index (χ1) is 17.3. The standard InChI is InChI=1S/C29H38N2O5/c1-6-35-28(33)20-36-26-12-8-23(9-13-26)14-17-31(4)16-7-15-29(21-30,22(2)3)25-11-10-24(19-32)27(18-25)34-5/h8-13,18-19,22H,6-7,14-17,20H2,1-5H3. The predicted octanol–water partition coefficient (Wildman–Crippen LogP) is 4.82. The summed E-state index contributed by atoms with van der Waals surface area (Å²) in [6.45, 7) is 7.88. The maximum Gasteiger partial charge on any atom is 0.344 e. The Labute approximate surface area is 215 Å². The minimum absolute atomic E-state index is 0.0928. The SMILES string of the molecule is CCOC(=O)COc1ccc(CCN(C)CCCC(C#N)(c2ccc(C=O)c(OC)c2)C(C)C)cc1. The van der Waals surface area contributed by atoms with E-state index in [1.807, 2.05) is 36.4 Å². The molecule has 0 heterocycles. The first-order valence-corrected chi connectivity index (χ1v) is 12.4. The van der Waals surface area contributed by atoms with Crippen LogP contribution in [0.25, 0.3) is 0 Å². The summed E-state index contributed by atoms with van der Waals surface area (Å²) >= 11 is 0. The van der Waals surface area contributed by atoms with Crippen LogP contribution < -0.4 is 9.47 Å². The van der Waals surface area contributed by atoms with E-state index in [4.69, 9.17) is 14.2 Å². The summed E-state index contributed by atoms with van der Waals surface area (Å²) in [6, 6.07) is 15.7. The average molecular weight is 495 g/mol. The van der Waals surface area contributed by atoms with Crippen molar-refractivity contribution < 1.29 is 23.8 Å². The van der Waals surface area contributed by atoms with Gasteiger partial charge in [0, 0.05) is 6.54 Å². The molecule has 194 valence electrons. The van der Waals surface area contributed by atoms with Gasteiger partial charge in [0.2, 0.25) is 0 Å². The molecule has 0 amide bonds. The highest BCUT2D eigenvalue weighted by molar-refractivity contribution is 5.79. The van der Waals surface area contributed by atoms with E-state index in [9.17, 15) is 14.9 Å². The summed E-state index contributed by atoms with van der Waals surface area (Å²) in [6.07, 6.45) is 3.22. The van der Waals surface area contributed by atoms with E-state index in [2.05, 4.69) is 31.9 Å². The number of nitriles is 1. The van der Waals surface area contributed by atoms with E-state index in [-0.39, 0.29) is 18.5 Å². The summed E-state index contributed by atoms with van der Waals surface area (Å²) in [5, 5.41) is 10.2. The van der Waals surface area contributed by atoms with Crippen molar-refractivity contribution in [2.24, 2.45) is 5.92 Å². The average Bonchev–Trinajstić information content (AvgIpc) is 2.89. The zero-order valence-corrected chi connectivity index (χ0v) is 22.1. The molecule has 2 rings (SSSR count). The van der Waals surface area contributed by atoms with Crippen LogP contribution in [0.5, 0.6) is 11.5 Å². The van der Waals surface area contributed by atoms with Crippen molar-refractivity contribution in [1.29, 1.82) is 5.26 Å². The zero-order valence-electron chi connectivity index (χ0n) is 22.1. The highest BCUT2D eigenvalue weighted by Crippen LogP contribution is 2.38. The number of rotatable bonds is 15. The second-order valence-electron chi connectivity index (χ2n) is 9.21. The lowest BCUT2D eigenvalue weighted by Crippen LogP contribution is -2.32. The normalized spacial score (nSPS) is 12.6. The monoisotopic (exact) mass is 494 g/mol. The Morgan fingerprint density at radius 2 is 1.89 bits per heavy atom. The number of hydrogen-bond acceptors (Lipinski definition) is 7. The Balaban J connectivity index is 1.91. The summed E-state index contributed by atoms with van der Waals surface area (Å²) < 4.78 is 15.7. The summed E-state index contributed by atoms with van der Waals surface area (Å²) in [4.78, 5) is 25.0. The van der Waals surface area contributed by atoms with Crippen molar-refractivity contribution in [3.8, 4) is 17.6 Å². The lowest BCUT2D eigenvalue weighted by molar-refractivity contribution is -0.145. The maximum absolute atomic E-state index is 11.4. The van der Waals surface area contributed by atoms with Crippen LogP contribution >= 0.6 is 0 Å². The number of aldehydes is 1. The summed E-state index contributed by atoms with van der Waals surface area (Å²) in [7, 11) is 3.62. The first-order valence-electron chi connectivity index (χ1n) is 12.4. The third-order valence-corrected chi connectivity index (χ3v) is 6.54. The Morgan fingerprint density at radius 3 is 2.47 bits per heavy atom. The molecule has 0 fully saturated rings. The van der Waals surface area contributed by atoms with Gasteiger partial charge in [-0.25, -0.2) is 4.79 Å². The Hall–Kier alpha value is -3.37. The molecule has 2 aromatic rings. The minimum Gasteiger partial charge on any atom is -0.496 e. The molecule has 0 aliphatic rings. The molecule has 0 bridgehead atoms. The van der Waals surface area contributed by atoms with E-state index in [0.29, 0.717) is 30.1 Å². The van der Waals surface area contributed by atoms with Gasteiger partial charge in [-0.2, -0.15) is 5.26 Å². The predicted molar refractivity (Wildman–Crippen MR) is 140 cm³/mol. The number of esters is 1. The van der Waals surface area contributed by atoms with Crippen molar-refractivity contribution >= 4 is 12.3 Å². The van der Waals surface area contributed by atoms with Crippen molar-refractivity contribution in [2.75, 3.05) is 40.5 Å². The lowest BCUT2D eigenvalue weighted by atomic mass is 9.69. The zero-order chi connectivity index (χ0) is 26.6. The van der Waals surface area contributed by atoms with E-state index in [1.165, 1.54) is 12.7 Å². The molecule has 0 aliphatic heterocycles. The summed E-state index contributed by atoms with van der Waals surface area (Å²) in [5.74, 6) is 0.860. The van der Waals surface area contributed by atoms with Crippen LogP contribution in [-0.2, 0) is 21.4 Å². The van der Waals surface area contributed by atoms with Gasteiger partial charge in [-0.1, -0.05) is 32.0 Å². The molecule has 0 aliphatic carbocycles. The Kier molecular flexibility index (Phi) is 11.4. The van der Waals surface area contributed by atoms with Gasteiger partial charge in [0.15, 0.2) is 12.9 Å². The van der Waals surface area contributed by atoms with Gasteiger partial charge in [-0.05, 0) is 81.1 Å². The molecule has 7 heteroatoms. The van der Waals surface area contributed by atoms with Gasteiger partial charge in [0.1, 0.15) is 11.5 Å². The Morgan fingerprint density at radius 1 is 1.17 bits per heavy atom. The molecular formula is C29H38N2O5. The molecule has 0 aromatic heterocycles. The van der Waals surface area contributed by atoms with E-state index < -0.39 is 5.41 Å². The van der Waals surface area contributed by atoms with E-state index >= 15 is 0 Å². The number of methoxy groups -OCH3 is 1. The summed E-state index contributed by atoms with van der Waals surface area (Å²) in [5.41, 5.74) is 1.89. The third kappa shape index (κ3) is 7.82. The van der Waals surface area contributed by atoms with Crippen molar-refractivity contribution in [3.63, 3.8) is 0 Å². The number of ether oxygens (including phenoxy) is 3. The molecule has 2 aromatic carbocycles. The van der Waals surface area contributed by atoms with Crippen LogP contribution in [0, 0.1) is 17.2 Å². The van der Waals surface area contributed by atoms with Gasteiger partial charge in [0.05, 0.1) is 30.8 Å². The fourth-order valence-corrected chi connectivity index (χ4v) is 4.26. The molecule has 1 atom stereocenters. The number of likely N-dealkylation sites (N-methyl/N-ethyl adjacent to an activating group) is 1. The second kappa shape index (κ2) is 14.3. The van der Waals surface area contributed by atoms with Gasteiger partial charge >= 0.3 is 5.97 Å². The number of nitrogens with zero attached hydrogens (tertiary/aromatic N) is 2. The highest BCUT2D eigenvalue weighted by Gasteiger charge is 2.36. The number of hydrogen-bond donors (Lipinski definition) is 0. The van der Waals surface area contributed by atoms with Gasteiger partial charge in [-0.15, -0.1) is 0 Å². The second-order valence-corrected chi connectivity index (χ2v) is 9.21. The molecule has 0 spiro atoms. The number of carbonyl (C=O) groups is 2. The van der Waals surface area contributed by atoms with Gasteiger partial charge < -0.3 is 19.1 Å². The quantitative estimate of drug-likeness (QED) is 0.259. The molecule has 36 heavy (non-hydrogen) atoms. The molecule has 0 radical (unpaired) electrons. The lowest BCUT2D eigenvalue weighted by Gasteiger charge is -2.32. The van der Waals surface area contributed by atoms with Crippen molar-refractivity contribution in [1.82, 2.24) is 4.90 Å². The van der Waals surface area contributed by atoms with E-state index in [1.54, 1.807) is 13.0 Å². The molecular weight excluding hydrogens is 456 g/mol. The van der Waals surface area contributed by atoms with Crippen LogP contribution in [0.15, 0.2) is 42.5 Å². The molecule has 0 saturated heterocycles. The van der Waals surface area contributed by atoms with Gasteiger partial charge in [-0.3, -0.25) is 4.79 Å². The molecule has 7 nitrogen and oxygen atoms in total. The largest absolute Gasteiger partial charge is 0.496 e. The highest BCUT2D eigenvalue weighted by atomic mass is 16.6. The van der Waals surface area contributed by atoms with Crippen molar-refractivity contribution in [2.45, 2.75) is 45.4 Å².